The summed E-state index contributed by atoms with van der Waals surface area (Å²) >= 11 is 0. The van der Waals surface area contributed by atoms with Crippen LogP contribution in [0.2, 0.25) is 0 Å². The fourth-order valence-corrected chi connectivity index (χ4v) is 3.88. The number of hydrogen-bond donors (Lipinski definition) is 2. The maximum Gasteiger partial charge on any atom is 0.224 e. The van der Waals surface area contributed by atoms with E-state index in [4.69, 9.17) is 0 Å². The number of hydrogen-bond acceptors (Lipinski definition) is 2. The third kappa shape index (κ3) is 3.32. The highest BCUT2D eigenvalue weighted by atomic mass is 19.1. The Labute approximate surface area is 131 Å². The molecule has 1 aromatic rings. The van der Waals surface area contributed by atoms with Crippen molar-refractivity contribution in [3.63, 3.8) is 0 Å². The summed E-state index contributed by atoms with van der Waals surface area (Å²) in [7, 11) is 0. The monoisotopic (exact) mass is 304 g/mol. The molecule has 1 aliphatic carbocycles. The molecular formula is C18H25FN2O. The lowest BCUT2D eigenvalue weighted by atomic mass is 9.69. The number of carbonyl (C=O) groups is 1. The summed E-state index contributed by atoms with van der Waals surface area (Å²) < 4.78 is 13.2. The minimum absolute atomic E-state index is 0.0202. The van der Waals surface area contributed by atoms with Crippen LogP contribution in [0.4, 0.5) is 4.39 Å². The highest BCUT2D eigenvalue weighted by molar-refractivity contribution is 5.79. The third-order valence-corrected chi connectivity index (χ3v) is 5.30. The molecule has 1 aromatic carbocycles. The van der Waals surface area contributed by atoms with Crippen LogP contribution in [0.3, 0.4) is 0 Å². The maximum atomic E-state index is 13.2. The minimum atomic E-state index is -0.198. The smallest absolute Gasteiger partial charge is 0.224 e. The van der Waals surface area contributed by atoms with Gasteiger partial charge in [0.25, 0.3) is 0 Å². The second kappa shape index (κ2) is 6.78. The summed E-state index contributed by atoms with van der Waals surface area (Å²) in [5.74, 6) is 0.0710. The molecule has 120 valence electrons. The van der Waals surface area contributed by atoms with Gasteiger partial charge in [0, 0.05) is 18.5 Å². The lowest BCUT2D eigenvalue weighted by Gasteiger charge is -2.38. The number of halogens is 1. The Kier molecular flexibility index (Phi) is 4.77. The van der Waals surface area contributed by atoms with Crippen LogP contribution in [0.1, 0.15) is 44.1 Å². The first kappa shape index (κ1) is 15.5. The van der Waals surface area contributed by atoms with Crippen molar-refractivity contribution in [1.29, 1.82) is 0 Å². The molecule has 2 fully saturated rings. The fourth-order valence-electron chi connectivity index (χ4n) is 3.88. The topological polar surface area (TPSA) is 41.1 Å². The van der Waals surface area contributed by atoms with Crippen molar-refractivity contribution in [3.8, 4) is 0 Å². The summed E-state index contributed by atoms with van der Waals surface area (Å²) in [6.07, 6.45) is 6.68. The van der Waals surface area contributed by atoms with Crippen molar-refractivity contribution in [2.45, 2.75) is 43.9 Å². The van der Waals surface area contributed by atoms with Gasteiger partial charge in [0.1, 0.15) is 5.82 Å². The average Bonchev–Trinajstić information content (AvgIpc) is 3.09. The lowest BCUT2D eigenvalue weighted by molar-refractivity contribution is -0.124. The Hall–Kier alpha value is -1.42. The molecule has 1 atom stereocenters. The zero-order valence-corrected chi connectivity index (χ0v) is 13.0. The summed E-state index contributed by atoms with van der Waals surface area (Å²) in [4.78, 5) is 12.3. The molecule has 22 heavy (non-hydrogen) atoms. The molecule has 1 saturated heterocycles. The quantitative estimate of drug-likeness (QED) is 0.898. The van der Waals surface area contributed by atoms with Gasteiger partial charge >= 0.3 is 0 Å². The predicted molar refractivity (Wildman–Crippen MR) is 85.1 cm³/mol. The maximum absolute atomic E-state index is 13.2. The fraction of sp³-hybridized carbons (Fsp3) is 0.611. The SMILES string of the molecule is O=C(NCC1(c2ccc(F)cc2)CCCCC1)C1CCNC1. The average molecular weight is 304 g/mol. The molecule has 4 heteroatoms. The van der Waals surface area contributed by atoms with Gasteiger partial charge in [-0.05, 0) is 43.5 Å². The first-order chi connectivity index (χ1) is 10.7. The number of rotatable bonds is 4. The highest BCUT2D eigenvalue weighted by Crippen LogP contribution is 2.39. The Bertz CT molecular complexity index is 502. The van der Waals surface area contributed by atoms with Crippen LogP contribution in [0.15, 0.2) is 24.3 Å². The first-order valence-corrected chi connectivity index (χ1v) is 8.44. The molecule has 1 amide bonds. The van der Waals surface area contributed by atoms with Crippen molar-refractivity contribution in [2.24, 2.45) is 5.92 Å². The molecule has 1 unspecified atom stereocenters. The van der Waals surface area contributed by atoms with E-state index < -0.39 is 0 Å². The van der Waals surface area contributed by atoms with E-state index in [1.54, 1.807) is 0 Å². The summed E-state index contributed by atoms with van der Waals surface area (Å²) in [5, 5.41) is 6.41. The zero-order valence-electron chi connectivity index (χ0n) is 13.0. The largest absolute Gasteiger partial charge is 0.355 e. The van der Waals surface area contributed by atoms with E-state index in [1.807, 2.05) is 12.1 Å². The second-order valence-corrected chi connectivity index (χ2v) is 6.76. The van der Waals surface area contributed by atoms with E-state index in [9.17, 15) is 9.18 Å². The summed E-state index contributed by atoms with van der Waals surface area (Å²) in [6.45, 7) is 2.39. The van der Waals surface area contributed by atoms with Crippen LogP contribution in [0.5, 0.6) is 0 Å². The molecule has 2 aliphatic rings. The molecule has 1 saturated carbocycles. The Morgan fingerprint density at radius 1 is 1.23 bits per heavy atom. The Morgan fingerprint density at radius 2 is 1.95 bits per heavy atom. The van der Waals surface area contributed by atoms with Gasteiger partial charge in [-0.15, -0.1) is 0 Å². The van der Waals surface area contributed by atoms with Gasteiger partial charge in [-0.25, -0.2) is 4.39 Å². The molecule has 0 radical (unpaired) electrons. The molecule has 2 N–H and O–H groups in total. The van der Waals surface area contributed by atoms with Crippen molar-refractivity contribution in [3.05, 3.63) is 35.6 Å². The van der Waals surface area contributed by atoms with E-state index in [-0.39, 0.29) is 23.1 Å². The molecule has 3 nitrogen and oxygen atoms in total. The number of benzene rings is 1. The molecule has 1 heterocycles. The third-order valence-electron chi connectivity index (χ3n) is 5.30. The van der Waals surface area contributed by atoms with E-state index in [1.165, 1.54) is 37.0 Å². The van der Waals surface area contributed by atoms with Crippen molar-refractivity contribution in [2.75, 3.05) is 19.6 Å². The molecular weight excluding hydrogens is 279 g/mol. The van der Waals surface area contributed by atoms with Crippen molar-refractivity contribution < 1.29 is 9.18 Å². The second-order valence-electron chi connectivity index (χ2n) is 6.76. The first-order valence-electron chi connectivity index (χ1n) is 8.44. The molecule has 0 aromatic heterocycles. The lowest BCUT2D eigenvalue weighted by Crippen LogP contribution is -2.44. The Balaban J connectivity index is 1.71. The van der Waals surface area contributed by atoms with Crippen LogP contribution < -0.4 is 10.6 Å². The van der Waals surface area contributed by atoms with Crippen LogP contribution in [-0.2, 0) is 10.2 Å². The van der Waals surface area contributed by atoms with Crippen LogP contribution in [-0.4, -0.2) is 25.5 Å². The molecule has 1 aliphatic heterocycles. The van der Waals surface area contributed by atoms with Crippen LogP contribution in [0, 0.1) is 11.7 Å². The van der Waals surface area contributed by atoms with Crippen molar-refractivity contribution >= 4 is 5.91 Å². The van der Waals surface area contributed by atoms with E-state index in [2.05, 4.69) is 10.6 Å². The molecule has 3 rings (SSSR count). The van der Waals surface area contributed by atoms with E-state index in [0.29, 0.717) is 6.54 Å². The van der Waals surface area contributed by atoms with Gasteiger partial charge in [-0.3, -0.25) is 4.79 Å². The predicted octanol–water partition coefficient (Wildman–Crippen LogP) is 2.75. The summed E-state index contributed by atoms with van der Waals surface area (Å²) in [6, 6.07) is 6.86. The molecule has 0 bridgehead atoms. The van der Waals surface area contributed by atoms with E-state index in [0.717, 1.165) is 32.4 Å². The minimum Gasteiger partial charge on any atom is -0.355 e. The van der Waals surface area contributed by atoms with E-state index >= 15 is 0 Å². The van der Waals surface area contributed by atoms with Crippen molar-refractivity contribution in [1.82, 2.24) is 10.6 Å². The normalized spacial score (nSPS) is 24.1. The molecule has 0 spiro atoms. The number of carbonyl (C=O) groups excluding carboxylic acids is 1. The highest BCUT2D eigenvalue weighted by Gasteiger charge is 2.35. The van der Waals surface area contributed by atoms with Gasteiger partial charge in [-0.2, -0.15) is 0 Å². The van der Waals surface area contributed by atoms with Gasteiger partial charge in [0.15, 0.2) is 0 Å². The Morgan fingerprint density at radius 3 is 2.59 bits per heavy atom. The number of amides is 1. The van der Waals surface area contributed by atoms with Gasteiger partial charge < -0.3 is 10.6 Å². The van der Waals surface area contributed by atoms with Crippen LogP contribution in [0.25, 0.3) is 0 Å². The van der Waals surface area contributed by atoms with Gasteiger partial charge in [0.05, 0.1) is 5.92 Å². The van der Waals surface area contributed by atoms with Gasteiger partial charge in [0.2, 0.25) is 5.91 Å². The summed E-state index contributed by atoms with van der Waals surface area (Å²) in [5.41, 5.74) is 1.15. The van der Waals surface area contributed by atoms with Crippen LogP contribution >= 0.6 is 0 Å². The number of nitrogens with one attached hydrogen (secondary N) is 2. The standard InChI is InChI=1S/C18H25FN2O/c19-16-6-4-15(5-7-16)18(9-2-1-3-10-18)13-21-17(22)14-8-11-20-12-14/h4-7,14,20H,1-3,8-13H2,(H,21,22). The zero-order chi connectivity index (χ0) is 15.4. The van der Waals surface area contributed by atoms with Gasteiger partial charge in [-0.1, -0.05) is 31.4 Å².